The molecule has 0 amide bonds. The third-order valence-corrected chi connectivity index (χ3v) is 10.7. The Morgan fingerprint density at radius 2 is 1.04 bits per heavy atom. The molecule has 1 heterocycles. The number of hydrogen-bond donors (Lipinski definition) is 1. The maximum absolute atomic E-state index is 12.8. The lowest BCUT2D eigenvalue weighted by atomic mass is 9.98. The number of ether oxygens (including phenoxy) is 2. The Morgan fingerprint density at radius 1 is 0.615 bits per heavy atom. The molecule has 2 unspecified atom stereocenters. The Kier molecular flexibility index (Phi) is 28.0. The van der Waals surface area contributed by atoms with Gasteiger partial charge in [0.1, 0.15) is 19.8 Å². The monoisotopic (exact) mass is 761 g/mol. The number of quaternary nitrogens is 1. The van der Waals surface area contributed by atoms with Crippen LogP contribution < -0.4 is 0 Å². The van der Waals surface area contributed by atoms with Gasteiger partial charge in [-0.2, -0.15) is 10.2 Å². The third kappa shape index (κ3) is 30.0. The Balaban J connectivity index is 2.37. The largest absolute Gasteiger partial charge is 0.472 e. The normalized spacial score (nSPS) is 15.3. The van der Waals surface area contributed by atoms with Gasteiger partial charge in [-0.1, -0.05) is 136 Å². The topological polar surface area (TPSA) is 133 Å². The second-order valence-electron chi connectivity index (χ2n) is 16.0. The van der Waals surface area contributed by atoms with E-state index in [0.29, 0.717) is 17.4 Å². The summed E-state index contributed by atoms with van der Waals surface area (Å²) in [7, 11) is 1.44. The summed E-state index contributed by atoms with van der Waals surface area (Å²) in [4.78, 5) is 35.4. The minimum absolute atomic E-state index is 0.0228. The summed E-state index contributed by atoms with van der Waals surface area (Å²) in [6.07, 6.45) is 28.7. The minimum atomic E-state index is -4.39. The van der Waals surface area contributed by atoms with Gasteiger partial charge >= 0.3 is 19.8 Å². The molecule has 0 saturated heterocycles. The van der Waals surface area contributed by atoms with Gasteiger partial charge in [0.2, 0.25) is 0 Å². The van der Waals surface area contributed by atoms with Gasteiger partial charge in [-0.15, -0.1) is 0 Å². The number of rotatable bonds is 38. The number of unbranched alkanes of at least 4 members (excludes halogenated alkanes) is 20. The highest BCUT2D eigenvalue weighted by Gasteiger charge is 2.38. The number of esters is 2. The van der Waals surface area contributed by atoms with Gasteiger partial charge in [0.15, 0.2) is 11.8 Å². The molecular formula is C40H79N3O8P+. The van der Waals surface area contributed by atoms with Crippen molar-refractivity contribution in [1.82, 2.24) is 0 Å². The van der Waals surface area contributed by atoms with Crippen molar-refractivity contribution in [2.45, 2.75) is 199 Å². The Labute approximate surface area is 318 Å². The Hall–Kier alpha value is -1.39. The highest BCUT2D eigenvalue weighted by atomic mass is 31.2. The van der Waals surface area contributed by atoms with Crippen LogP contribution in [-0.2, 0) is 32.7 Å². The molecule has 0 aliphatic carbocycles. The fraction of sp³-hybridized carbons (Fsp3) is 0.950. The van der Waals surface area contributed by atoms with E-state index in [0.717, 1.165) is 44.9 Å². The highest BCUT2D eigenvalue weighted by Crippen LogP contribution is 2.43. The maximum Gasteiger partial charge on any atom is 0.472 e. The summed E-state index contributed by atoms with van der Waals surface area (Å²) in [6, 6.07) is 0. The summed E-state index contributed by atoms with van der Waals surface area (Å²) >= 11 is 0. The van der Waals surface area contributed by atoms with Gasteiger partial charge in [-0.05, 0) is 38.5 Å². The molecule has 306 valence electrons. The number of nitrogens with zero attached hydrogens (tertiary/aromatic N) is 3. The molecule has 11 nitrogen and oxygen atoms in total. The summed E-state index contributed by atoms with van der Waals surface area (Å²) in [5, 5.41) is 8.67. The molecule has 1 aliphatic rings. The van der Waals surface area contributed by atoms with Crippen molar-refractivity contribution in [3.63, 3.8) is 0 Å². The van der Waals surface area contributed by atoms with Gasteiger partial charge in [-0.3, -0.25) is 18.6 Å². The lowest BCUT2D eigenvalue weighted by Gasteiger charge is -2.24. The first-order valence-electron chi connectivity index (χ1n) is 21.1. The van der Waals surface area contributed by atoms with Crippen LogP contribution in [0.3, 0.4) is 0 Å². The standard InChI is InChI=1S/C40H78N3O8P/c1-6-8-10-12-14-16-18-19-21-23-25-29-38(44)48-35-37(36-50-52(46,47)49-34-33-43(3,4)5)51-39(45)30-26-28-32-40(41-42-40)31-27-24-22-20-17-15-13-11-9-7-2/h37H,6-36H2,1-5H3/p+1. The summed E-state index contributed by atoms with van der Waals surface area (Å²) in [5.74, 6) is -0.852. The first-order valence-corrected chi connectivity index (χ1v) is 22.6. The van der Waals surface area contributed by atoms with Crippen LogP contribution in [0, 0.1) is 0 Å². The fourth-order valence-corrected chi connectivity index (χ4v) is 6.91. The zero-order valence-electron chi connectivity index (χ0n) is 34.1. The summed E-state index contributed by atoms with van der Waals surface area (Å²) < 4.78 is 34.3. The first kappa shape index (κ1) is 48.6. The Morgan fingerprint density at radius 3 is 1.52 bits per heavy atom. The minimum Gasteiger partial charge on any atom is -0.462 e. The quantitative estimate of drug-likeness (QED) is 0.0285. The average molecular weight is 761 g/mol. The fourth-order valence-electron chi connectivity index (χ4n) is 6.17. The number of phosphoric ester groups is 1. The van der Waals surface area contributed by atoms with E-state index in [9.17, 15) is 19.0 Å². The molecule has 1 rings (SSSR count). The van der Waals surface area contributed by atoms with Crippen LogP contribution in [0.25, 0.3) is 0 Å². The van der Waals surface area contributed by atoms with E-state index in [4.69, 9.17) is 18.5 Å². The number of hydrogen-bond acceptors (Lipinski definition) is 9. The van der Waals surface area contributed by atoms with Crippen LogP contribution in [-0.4, -0.2) is 80.6 Å². The van der Waals surface area contributed by atoms with Crippen LogP contribution in [0.4, 0.5) is 0 Å². The average Bonchev–Trinajstić information content (AvgIpc) is 3.86. The van der Waals surface area contributed by atoms with Gasteiger partial charge in [0.25, 0.3) is 0 Å². The zero-order valence-corrected chi connectivity index (χ0v) is 35.0. The maximum atomic E-state index is 12.8. The van der Waals surface area contributed by atoms with Gasteiger partial charge in [0.05, 0.1) is 27.7 Å². The third-order valence-electron chi connectivity index (χ3n) is 9.67. The van der Waals surface area contributed by atoms with Gasteiger partial charge in [-0.25, -0.2) is 4.57 Å². The lowest BCUT2D eigenvalue weighted by molar-refractivity contribution is -0.870. The summed E-state index contributed by atoms with van der Waals surface area (Å²) in [6.45, 7) is 4.34. The molecule has 0 spiro atoms. The highest BCUT2D eigenvalue weighted by molar-refractivity contribution is 7.47. The van der Waals surface area contributed by atoms with Crippen molar-refractivity contribution >= 4 is 19.8 Å². The Bertz CT molecular complexity index is 984. The van der Waals surface area contributed by atoms with Crippen molar-refractivity contribution in [1.29, 1.82) is 0 Å². The van der Waals surface area contributed by atoms with E-state index in [-0.39, 0.29) is 37.7 Å². The zero-order chi connectivity index (χ0) is 38.4. The molecule has 0 aromatic carbocycles. The number of carbonyl (C=O) groups is 2. The molecular weight excluding hydrogens is 681 g/mol. The van der Waals surface area contributed by atoms with Crippen LogP contribution in [0.15, 0.2) is 10.2 Å². The van der Waals surface area contributed by atoms with Crippen LogP contribution in [0.2, 0.25) is 0 Å². The van der Waals surface area contributed by atoms with E-state index in [1.54, 1.807) is 0 Å². The molecule has 0 radical (unpaired) electrons. The SMILES string of the molecule is CCCCCCCCCCCCCC(=O)OCC(COP(=O)(O)OCC[N+](C)(C)C)OC(=O)CCCCC1(CCCCCCCCCCCC)N=N1. The van der Waals surface area contributed by atoms with E-state index < -0.39 is 26.5 Å². The van der Waals surface area contributed by atoms with Gasteiger partial charge in [0, 0.05) is 12.8 Å². The molecule has 0 aromatic rings. The molecule has 0 saturated carbocycles. The van der Waals surface area contributed by atoms with Crippen molar-refractivity contribution in [2.24, 2.45) is 10.2 Å². The second kappa shape index (κ2) is 29.9. The smallest absolute Gasteiger partial charge is 0.462 e. The van der Waals surface area contributed by atoms with Crippen molar-refractivity contribution in [2.75, 3.05) is 47.5 Å². The molecule has 0 bridgehead atoms. The molecule has 0 fully saturated rings. The van der Waals surface area contributed by atoms with E-state index >= 15 is 0 Å². The number of phosphoric acid groups is 1. The van der Waals surface area contributed by atoms with Crippen LogP contribution >= 0.6 is 7.82 Å². The second-order valence-corrected chi connectivity index (χ2v) is 17.5. The predicted octanol–water partition coefficient (Wildman–Crippen LogP) is 11.0. The molecule has 12 heteroatoms. The molecule has 2 atom stereocenters. The van der Waals surface area contributed by atoms with Crippen molar-refractivity contribution in [3.8, 4) is 0 Å². The lowest BCUT2D eigenvalue weighted by Crippen LogP contribution is -2.37. The van der Waals surface area contributed by atoms with Crippen LogP contribution in [0.1, 0.15) is 187 Å². The van der Waals surface area contributed by atoms with Crippen LogP contribution in [0.5, 0.6) is 0 Å². The van der Waals surface area contributed by atoms with E-state index in [2.05, 4.69) is 24.1 Å². The molecule has 52 heavy (non-hydrogen) atoms. The predicted molar refractivity (Wildman–Crippen MR) is 209 cm³/mol. The number of likely N-dealkylation sites (N-methyl/N-ethyl adjacent to an activating group) is 1. The summed E-state index contributed by atoms with van der Waals surface area (Å²) in [5.41, 5.74) is -0.267. The van der Waals surface area contributed by atoms with E-state index in [1.807, 2.05) is 21.1 Å². The van der Waals surface area contributed by atoms with Gasteiger partial charge < -0.3 is 18.9 Å². The molecule has 1 aliphatic heterocycles. The first-order chi connectivity index (χ1) is 24.9. The van der Waals surface area contributed by atoms with Crippen molar-refractivity contribution in [3.05, 3.63) is 0 Å². The molecule has 0 aromatic heterocycles. The van der Waals surface area contributed by atoms with Crippen molar-refractivity contribution < 1.29 is 42.1 Å². The van der Waals surface area contributed by atoms with E-state index in [1.165, 1.54) is 109 Å². The molecule has 1 N–H and O–H groups in total. The number of carbonyl (C=O) groups excluding carboxylic acids is 2.